The van der Waals surface area contributed by atoms with E-state index in [1.54, 1.807) is 7.11 Å². The van der Waals surface area contributed by atoms with E-state index < -0.39 is 0 Å². The van der Waals surface area contributed by atoms with Gasteiger partial charge in [0, 0.05) is 11.9 Å². The molecular weight excluding hydrogens is 230 g/mol. The zero-order chi connectivity index (χ0) is 13.0. The maximum Gasteiger partial charge on any atom is 0.227 e. The lowest BCUT2D eigenvalue weighted by atomic mass is 10.2. The Labute approximate surface area is 106 Å². The summed E-state index contributed by atoms with van der Waals surface area (Å²) in [6.45, 7) is 2.72. The number of nitrogens with one attached hydrogen (secondary N) is 1. The second-order valence-electron chi connectivity index (χ2n) is 4.12. The van der Waals surface area contributed by atoms with Crippen molar-refractivity contribution in [3.05, 3.63) is 30.0 Å². The Kier molecular flexibility index (Phi) is 3.87. The molecule has 0 saturated heterocycles. The molecule has 0 radical (unpaired) electrons. The van der Waals surface area contributed by atoms with Gasteiger partial charge >= 0.3 is 0 Å². The van der Waals surface area contributed by atoms with E-state index in [4.69, 9.17) is 9.15 Å². The fraction of sp³-hybridized carbons (Fsp3) is 0.357. The summed E-state index contributed by atoms with van der Waals surface area (Å²) in [4.78, 5) is 11.6. The maximum atomic E-state index is 11.6. The number of hydrogen-bond donors (Lipinski definition) is 1. The minimum Gasteiger partial charge on any atom is -0.493 e. The number of amides is 1. The van der Waals surface area contributed by atoms with Crippen LogP contribution >= 0.6 is 0 Å². The summed E-state index contributed by atoms with van der Waals surface area (Å²) in [5.74, 6) is 1.32. The second kappa shape index (κ2) is 5.58. The molecule has 0 aliphatic heterocycles. The van der Waals surface area contributed by atoms with Gasteiger partial charge in [0.2, 0.25) is 5.91 Å². The highest BCUT2D eigenvalue weighted by molar-refractivity contribution is 5.85. The van der Waals surface area contributed by atoms with E-state index in [0.29, 0.717) is 23.6 Å². The van der Waals surface area contributed by atoms with Crippen molar-refractivity contribution in [2.24, 2.45) is 0 Å². The Morgan fingerprint density at radius 3 is 3.00 bits per heavy atom. The topological polar surface area (TPSA) is 51.5 Å². The van der Waals surface area contributed by atoms with Crippen molar-refractivity contribution in [2.45, 2.75) is 19.8 Å². The van der Waals surface area contributed by atoms with E-state index >= 15 is 0 Å². The Morgan fingerprint density at radius 1 is 1.44 bits per heavy atom. The molecule has 96 valence electrons. The molecule has 2 rings (SSSR count). The van der Waals surface area contributed by atoms with Crippen LogP contribution in [0.2, 0.25) is 0 Å². The average molecular weight is 247 g/mol. The van der Waals surface area contributed by atoms with Crippen molar-refractivity contribution in [1.29, 1.82) is 0 Å². The summed E-state index contributed by atoms with van der Waals surface area (Å²) in [6, 6.07) is 7.56. The Balaban J connectivity index is 2.17. The zero-order valence-electron chi connectivity index (χ0n) is 10.7. The molecule has 1 heterocycles. The van der Waals surface area contributed by atoms with Crippen LogP contribution in [0.3, 0.4) is 0 Å². The van der Waals surface area contributed by atoms with Crippen LogP contribution in [0.25, 0.3) is 11.0 Å². The van der Waals surface area contributed by atoms with Gasteiger partial charge in [-0.05, 0) is 18.6 Å². The van der Waals surface area contributed by atoms with Gasteiger partial charge in [-0.15, -0.1) is 0 Å². The number of rotatable bonds is 5. The average Bonchev–Trinajstić information content (AvgIpc) is 2.78. The first-order valence-corrected chi connectivity index (χ1v) is 6.06. The lowest BCUT2D eigenvalue weighted by molar-refractivity contribution is -0.120. The van der Waals surface area contributed by atoms with Crippen molar-refractivity contribution >= 4 is 16.9 Å². The van der Waals surface area contributed by atoms with Crippen LogP contribution in [0.1, 0.15) is 19.1 Å². The molecular formula is C14H17NO3. The van der Waals surface area contributed by atoms with Gasteiger partial charge in [-0.1, -0.05) is 19.1 Å². The molecule has 0 unspecified atom stereocenters. The van der Waals surface area contributed by atoms with Crippen LogP contribution in [-0.4, -0.2) is 19.6 Å². The van der Waals surface area contributed by atoms with Gasteiger partial charge in [-0.25, -0.2) is 0 Å². The third-order valence-electron chi connectivity index (χ3n) is 2.69. The molecule has 0 atom stereocenters. The van der Waals surface area contributed by atoms with Gasteiger partial charge in [0.1, 0.15) is 5.76 Å². The first-order valence-electron chi connectivity index (χ1n) is 6.06. The first kappa shape index (κ1) is 12.5. The number of carbonyl (C=O) groups excluding carboxylic acids is 1. The Hall–Kier alpha value is -1.97. The van der Waals surface area contributed by atoms with Gasteiger partial charge in [-0.3, -0.25) is 4.79 Å². The van der Waals surface area contributed by atoms with E-state index in [0.717, 1.165) is 11.8 Å². The van der Waals surface area contributed by atoms with Crippen LogP contribution in [0.4, 0.5) is 0 Å². The Bertz CT molecular complexity index is 545. The fourth-order valence-corrected chi connectivity index (χ4v) is 1.82. The predicted molar refractivity (Wildman–Crippen MR) is 69.8 cm³/mol. The van der Waals surface area contributed by atoms with Crippen molar-refractivity contribution in [2.75, 3.05) is 13.7 Å². The van der Waals surface area contributed by atoms with E-state index in [2.05, 4.69) is 5.32 Å². The number of fused-ring (bicyclic) bond motifs is 1. The summed E-state index contributed by atoms with van der Waals surface area (Å²) < 4.78 is 10.9. The lowest BCUT2D eigenvalue weighted by Crippen LogP contribution is -2.25. The zero-order valence-corrected chi connectivity index (χ0v) is 10.7. The molecule has 1 aromatic heterocycles. The smallest absolute Gasteiger partial charge is 0.227 e. The summed E-state index contributed by atoms with van der Waals surface area (Å²) >= 11 is 0. The molecule has 0 saturated carbocycles. The number of ether oxygens (including phenoxy) is 1. The highest BCUT2D eigenvalue weighted by Crippen LogP contribution is 2.28. The number of carbonyl (C=O) groups is 1. The Morgan fingerprint density at radius 2 is 2.28 bits per heavy atom. The summed E-state index contributed by atoms with van der Waals surface area (Å²) in [5.41, 5.74) is 0.693. The molecule has 0 aliphatic carbocycles. The van der Waals surface area contributed by atoms with Gasteiger partial charge in [0.05, 0.1) is 13.5 Å². The normalized spacial score (nSPS) is 10.6. The molecule has 0 spiro atoms. The number of para-hydroxylation sites is 1. The fourth-order valence-electron chi connectivity index (χ4n) is 1.82. The van der Waals surface area contributed by atoms with Crippen LogP contribution in [0, 0.1) is 0 Å². The maximum absolute atomic E-state index is 11.6. The predicted octanol–water partition coefficient (Wildman–Crippen LogP) is 2.51. The molecule has 0 aliphatic rings. The molecule has 4 nitrogen and oxygen atoms in total. The summed E-state index contributed by atoms with van der Waals surface area (Å²) in [7, 11) is 1.60. The lowest BCUT2D eigenvalue weighted by Gasteiger charge is -2.01. The molecule has 4 heteroatoms. The van der Waals surface area contributed by atoms with Gasteiger partial charge in [-0.2, -0.15) is 0 Å². The van der Waals surface area contributed by atoms with Crippen molar-refractivity contribution < 1.29 is 13.9 Å². The largest absolute Gasteiger partial charge is 0.493 e. The van der Waals surface area contributed by atoms with Crippen LogP contribution in [-0.2, 0) is 11.2 Å². The molecule has 0 fully saturated rings. The van der Waals surface area contributed by atoms with E-state index in [9.17, 15) is 4.79 Å². The highest BCUT2D eigenvalue weighted by atomic mass is 16.5. The summed E-state index contributed by atoms with van der Waals surface area (Å²) in [6.07, 6.45) is 1.19. The quantitative estimate of drug-likeness (QED) is 0.883. The first-order chi connectivity index (χ1) is 8.74. The monoisotopic (exact) mass is 247 g/mol. The third kappa shape index (κ3) is 2.64. The number of methoxy groups -OCH3 is 1. The molecule has 0 bridgehead atoms. The molecule has 2 aromatic rings. The van der Waals surface area contributed by atoms with Crippen molar-refractivity contribution in [1.82, 2.24) is 5.32 Å². The highest BCUT2D eigenvalue weighted by Gasteiger charge is 2.11. The third-order valence-corrected chi connectivity index (χ3v) is 2.69. The summed E-state index contributed by atoms with van der Waals surface area (Å²) in [5, 5.41) is 3.78. The van der Waals surface area contributed by atoms with Crippen molar-refractivity contribution in [3.63, 3.8) is 0 Å². The van der Waals surface area contributed by atoms with Crippen molar-refractivity contribution in [3.8, 4) is 5.75 Å². The minimum absolute atomic E-state index is 0.0186. The van der Waals surface area contributed by atoms with E-state index in [-0.39, 0.29) is 12.3 Å². The number of benzene rings is 1. The van der Waals surface area contributed by atoms with Gasteiger partial charge in [0.25, 0.3) is 0 Å². The molecule has 18 heavy (non-hydrogen) atoms. The molecule has 1 aromatic carbocycles. The second-order valence-corrected chi connectivity index (χ2v) is 4.12. The standard InChI is InChI=1S/C14H17NO3/c1-3-7-15-13(16)9-11-8-10-5-4-6-12(17-2)14(10)18-11/h4-6,8H,3,7,9H2,1-2H3,(H,15,16). The van der Waals surface area contributed by atoms with Crippen LogP contribution in [0.5, 0.6) is 5.75 Å². The van der Waals surface area contributed by atoms with Gasteiger partial charge in [0.15, 0.2) is 11.3 Å². The molecule has 1 N–H and O–H groups in total. The van der Waals surface area contributed by atoms with Crippen LogP contribution in [0.15, 0.2) is 28.7 Å². The van der Waals surface area contributed by atoms with E-state index in [1.807, 2.05) is 31.2 Å². The SMILES string of the molecule is CCCNC(=O)Cc1cc2cccc(OC)c2o1. The van der Waals surface area contributed by atoms with Gasteiger partial charge < -0.3 is 14.5 Å². The number of hydrogen-bond acceptors (Lipinski definition) is 3. The minimum atomic E-state index is -0.0186. The molecule has 1 amide bonds. The van der Waals surface area contributed by atoms with E-state index in [1.165, 1.54) is 0 Å². The van der Waals surface area contributed by atoms with Crippen LogP contribution < -0.4 is 10.1 Å². The number of furan rings is 1.